The lowest BCUT2D eigenvalue weighted by Gasteiger charge is -2.09. The monoisotopic (exact) mass is 113 g/mol. The van der Waals surface area contributed by atoms with Crippen LogP contribution in [0.15, 0.2) is 5.10 Å². The molecule has 0 bridgehead atoms. The summed E-state index contributed by atoms with van der Waals surface area (Å²) < 4.78 is 0. The van der Waals surface area contributed by atoms with Crippen molar-refractivity contribution in [3.8, 4) is 0 Å². The molecule has 1 atom stereocenters. The average molecular weight is 113 g/mol. The van der Waals surface area contributed by atoms with Crippen LogP contribution in [0.3, 0.4) is 0 Å². The average Bonchev–Trinajstić information content (AvgIpc) is 1.77. The lowest BCUT2D eigenvalue weighted by Crippen LogP contribution is -2.41. The Kier molecular flexibility index (Phi) is 1.26. The molecule has 8 heavy (non-hydrogen) atoms. The van der Waals surface area contributed by atoms with E-state index in [0.717, 1.165) is 0 Å². The number of nitrogens with zero attached hydrogens (tertiary/aromatic N) is 1. The zero-order chi connectivity index (χ0) is 5.98. The van der Waals surface area contributed by atoms with Gasteiger partial charge < -0.3 is 5.73 Å². The third-order valence-electron chi connectivity index (χ3n) is 0.962. The molecule has 44 valence electrons. The zero-order valence-electron chi connectivity index (χ0n) is 4.29. The first-order valence-corrected chi connectivity index (χ1v) is 2.37. The lowest BCUT2D eigenvalue weighted by molar-refractivity contribution is -0.122. The molecule has 4 heteroatoms. The van der Waals surface area contributed by atoms with Gasteiger partial charge in [0.25, 0.3) is 5.91 Å². The molecule has 1 aliphatic rings. The maximum atomic E-state index is 10.4. The summed E-state index contributed by atoms with van der Waals surface area (Å²) in [5, 5.41) is 3.50. The molecule has 0 unspecified atom stereocenters. The molecule has 1 aliphatic heterocycles. The van der Waals surface area contributed by atoms with Crippen molar-refractivity contribution in [2.75, 3.05) is 0 Å². The maximum Gasteiger partial charge on any atom is 0.257 e. The number of hydrogen-bond donors (Lipinski definition) is 2. The molecular weight excluding hydrogens is 106 g/mol. The van der Waals surface area contributed by atoms with E-state index in [2.05, 4.69) is 10.5 Å². The zero-order valence-corrected chi connectivity index (χ0v) is 4.29. The summed E-state index contributed by atoms with van der Waals surface area (Å²) in [7, 11) is 0. The van der Waals surface area contributed by atoms with Crippen molar-refractivity contribution in [1.82, 2.24) is 5.43 Å². The van der Waals surface area contributed by atoms with Gasteiger partial charge in [-0.2, -0.15) is 5.10 Å². The highest BCUT2D eigenvalue weighted by Gasteiger charge is 2.13. The quantitative estimate of drug-likeness (QED) is 0.415. The molecule has 1 rings (SSSR count). The summed E-state index contributed by atoms with van der Waals surface area (Å²) >= 11 is 0. The number of rotatable bonds is 0. The lowest BCUT2D eigenvalue weighted by atomic mass is 10.2. The van der Waals surface area contributed by atoms with Gasteiger partial charge in [-0.05, 0) is 0 Å². The highest BCUT2D eigenvalue weighted by Crippen LogP contribution is 1.88. The van der Waals surface area contributed by atoms with Crippen LogP contribution in [0.1, 0.15) is 6.42 Å². The Morgan fingerprint density at radius 2 is 2.75 bits per heavy atom. The molecule has 3 N–H and O–H groups in total. The van der Waals surface area contributed by atoms with Crippen LogP contribution in [-0.4, -0.2) is 18.2 Å². The molecule has 0 saturated carbocycles. The summed E-state index contributed by atoms with van der Waals surface area (Å²) in [4.78, 5) is 10.4. The molecule has 0 aromatic heterocycles. The molecule has 1 amide bonds. The summed E-state index contributed by atoms with van der Waals surface area (Å²) in [6.07, 6.45) is 2.14. The van der Waals surface area contributed by atoms with E-state index in [4.69, 9.17) is 5.73 Å². The Hall–Kier alpha value is -0.900. The Balaban J connectivity index is 2.57. The minimum Gasteiger partial charge on any atom is -0.320 e. The second-order valence-electron chi connectivity index (χ2n) is 1.63. The molecule has 0 fully saturated rings. The van der Waals surface area contributed by atoms with Gasteiger partial charge in [-0.25, -0.2) is 5.43 Å². The molecule has 0 spiro atoms. The van der Waals surface area contributed by atoms with Crippen molar-refractivity contribution in [3.05, 3.63) is 0 Å². The smallest absolute Gasteiger partial charge is 0.257 e. The van der Waals surface area contributed by atoms with Gasteiger partial charge in [-0.3, -0.25) is 4.79 Å². The molecule has 0 radical (unpaired) electrons. The highest BCUT2D eigenvalue weighted by atomic mass is 16.2. The first-order chi connectivity index (χ1) is 3.80. The second kappa shape index (κ2) is 1.92. The minimum absolute atomic E-state index is 0.201. The molecule has 0 aliphatic carbocycles. The minimum atomic E-state index is -0.396. The first-order valence-electron chi connectivity index (χ1n) is 2.37. The van der Waals surface area contributed by atoms with Crippen LogP contribution in [-0.2, 0) is 4.79 Å². The van der Waals surface area contributed by atoms with Crippen molar-refractivity contribution in [1.29, 1.82) is 0 Å². The fourth-order valence-electron chi connectivity index (χ4n) is 0.465. The third-order valence-corrected chi connectivity index (χ3v) is 0.962. The van der Waals surface area contributed by atoms with Crippen LogP contribution < -0.4 is 11.2 Å². The Morgan fingerprint density at radius 3 is 3.12 bits per heavy atom. The van der Waals surface area contributed by atoms with Crippen LogP contribution in [0.4, 0.5) is 0 Å². The number of hydrazone groups is 1. The van der Waals surface area contributed by atoms with Crippen LogP contribution >= 0.6 is 0 Å². The Labute approximate surface area is 46.7 Å². The summed E-state index contributed by atoms with van der Waals surface area (Å²) in [5.41, 5.74) is 7.51. The number of amides is 1. The normalized spacial score (nSPS) is 27.6. The van der Waals surface area contributed by atoms with Crippen LogP contribution in [0.25, 0.3) is 0 Å². The number of nitrogens with two attached hydrogens (primary N) is 1. The molecule has 4 nitrogen and oxygen atoms in total. The van der Waals surface area contributed by atoms with Crippen molar-refractivity contribution in [2.24, 2.45) is 10.8 Å². The Morgan fingerprint density at radius 1 is 2.00 bits per heavy atom. The maximum absolute atomic E-state index is 10.4. The fourth-order valence-corrected chi connectivity index (χ4v) is 0.465. The molecule has 0 aromatic rings. The van der Waals surface area contributed by atoms with Gasteiger partial charge >= 0.3 is 0 Å². The van der Waals surface area contributed by atoms with E-state index < -0.39 is 6.04 Å². The largest absolute Gasteiger partial charge is 0.320 e. The van der Waals surface area contributed by atoms with Gasteiger partial charge in [-0.1, -0.05) is 0 Å². The van der Waals surface area contributed by atoms with Crippen molar-refractivity contribution in [3.63, 3.8) is 0 Å². The fraction of sp³-hybridized carbons (Fsp3) is 0.500. The summed E-state index contributed by atoms with van der Waals surface area (Å²) in [5.74, 6) is -0.201. The van der Waals surface area contributed by atoms with Gasteiger partial charge in [-0.15, -0.1) is 0 Å². The van der Waals surface area contributed by atoms with Crippen LogP contribution in [0.5, 0.6) is 0 Å². The van der Waals surface area contributed by atoms with Gasteiger partial charge in [0, 0.05) is 12.6 Å². The molecular formula is C4H7N3O. The molecule has 0 aromatic carbocycles. The van der Waals surface area contributed by atoms with Crippen LogP contribution in [0, 0.1) is 0 Å². The second-order valence-corrected chi connectivity index (χ2v) is 1.63. The van der Waals surface area contributed by atoms with E-state index in [1.54, 1.807) is 6.21 Å². The van der Waals surface area contributed by atoms with Crippen molar-refractivity contribution < 1.29 is 4.79 Å². The summed E-state index contributed by atoms with van der Waals surface area (Å²) in [6.45, 7) is 0. The van der Waals surface area contributed by atoms with Gasteiger partial charge in [0.1, 0.15) is 0 Å². The van der Waals surface area contributed by atoms with Crippen molar-refractivity contribution in [2.45, 2.75) is 12.5 Å². The number of hydrogen-bond acceptors (Lipinski definition) is 3. The molecule has 0 saturated heterocycles. The van der Waals surface area contributed by atoms with E-state index in [1.165, 1.54) is 0 Å². The van der Waals surface area contributed by atoms with Gasteiger partial charge in [0.05, 0.1) is 6.04 Å². The highest BCUT2D eigenvalue weighted by molar-refractivity contribution is 5.87. The number of carbonyl (C=O) groups is 1. The van der Waals surface area contributed by atoms with E-state index in [-0.39, 0.29) is 5.91 Å². The standard InChI is InChI=1S/C4H7N3O/c5-3-1-2-6-7-4(3)8/h2-3H,1,5H2,(H,7,8)/t3-/m0/s1. The van der Waals surface area contributed by atoms with Crippen LogP contribution in [0.2, 0.25) is 0 Å². The van der Waals surface area contributed by atoms with E-state index in [9.17, 15) is 4.79 Å². The topological polar surface area (TPSA) is 67.5 Å². The first kappa shape index (κ1) is 5.24. The predicted octanol–water partition coefficient (Wildman–Crippen LogP) is -1.18. The number of nitrogens with one attached hydrogen (secondary N) is 1. The third kappa shape index (κ3) is 0.840. The van der Waals surface area contributed by atoms with Gasteiger partial charge in [0.2, 0.25) is 0 Å². The van der Waals surface area contributed by atoms with E-state index in [1.807, 2.05) is 0 Å². The van der Waals surface area contributed by atoms with Crippen molar-refractivity contribution >= 4 is 12.1 Å². The SMILES string of the molecule is N[C@H]1CC=NNC1=O. The van der Waals surface area contributed by atoms with Gasteiger partial charge in [0.15, 0.2) is 0 Å². The van der Waals surface area contributed by atoms with E-state index >= 15 is 0 Å². The Bertz CT molecular complexity index is 131. The summed E-state index contributed by atoms with van der Waals surface area (Å²) in [6, 6.07) is -0.396. The molecule has 1 heterocycles. The predicted molar refractivity (Wildman–Crippen MR) is 29.2 cm³/mol. The van der Waals surface area contributed by atoms with E-state index in [0.29, 0.717) is 6.42 Å². The number of carbonyl (C=O) groups excluding carboxylic acids is 1.